The van der Waals surface area contributed by atoms with Crippen molar-refractivity contribution in [3.05, 3.63) is 29.0 Å². The van der Waals surface area contributed by atoms with E-state index in [0.29, 0.717) is 6.21 Å². The minimum Gasteiger partial charge on any atom is -0.411 e. The van der Waals surface area contributed by atoms with Crippen molar-refractivity contribution in [3.63, 3.8) is 0 Å². The molecular formula is C8H6ClFN2O2. The maximum Gasteiger partial charge on any atom is 0.270 e. The number of amides is 1. The van der Waals surface area contributed by atoms with Crippen LogP contribution < -0.4 is 5.32 Å². The predicted octanol–water partition coefficient (Wildman–Crippen LogP) is 1.88. The van der Waals surface area contributed by atoms with Gasteiger partial charge in [0.05, 0.1) is 5.69 Å². The van der Waals surface area contributed by atoms with Crippen molar-refractivity contribution in [3.8, 4) is 0 Å². The van der Waals surface area contributed by atoms with Crippen LogP contribution in [0.25, 0.3) is 0 Å². The highest BCUT2D eigenvalue weighted by molar-refractivity contribution is 6.32. The normalized spacial score (nSPS) is 10.4. The van der Waals surface area contributed by atoms with E-state index in [1.165, 1.54) is 12.1 Å². The molecule has 6 heteroatoms. The van der Waals surface area contributed by atoms with Crippen molar-refractivity contribution < 1.29 is 14.4 Å². The summed E-state index contributed by atoms with van der Waals surface area (Å²) in [5.74, 6) is -1.38. The quantitative estimate of drug-likeness (QED) is 0.450. The molecule has 0 aliphatic carbocycles. The Bertz CT molecular complexity index is 382. The Morgan fingerprint density at radius 2 is 2.36 bits per heavy atom. The van der Waals surface area contributed by atoms with Crippen molar-refractivity contribution in [2.75, 3.05) is 5.32 Å². The first-order valence-electron chi connectivity index (χ1n) is 3.57. The number of hydrogen-bond donors (Lipinski definition) is 2. The molecule has 0 saturated heterocycles. The molecule has 1 amide bonds. The van der Waals surface area contributed by atoms with Crippen molar-refractivity contribution in [1.29, 1.82) is 0 Å². The molecule has 0 atom stereocenters. The Hall–Kier alpha value is -1.62. The van der Waals surface area contributed by atoms with Crippen LogP contribution in [0.2, 0.25) is 5.02 Å². The highest BCUT2D eigenvalue weighted by Gasteiger charge is 2.05. The largest absolute Gasteiger partial charge is 0.411 e. The van der Waals surface area contributed by atoms with E-state index < -0.39 is 11.7 Å². The van der Waals surface area contributed by atoms with Crippen molar-refractivity contribution in [2.24, 2.45) is 5.16 Å². The molecule has 0 aliphatic heterocycles. The molecule has 4 nitrogen and oxygen atoms in total. The molecule has 0 bridgehead atoms. The molecule has 14 heavy (non-hydrogen) atoms. The fourth-order valence-corrected chi connectivity index (χ4v) is 0.967. The topological polar surface area (TPSA) is 61.7 Å². The maximum absolute atomic E-state index is 13.0. The molecule has 0 saturated carbocycles. The summed E-state index contributed by atoms with van der Waals surface area (Å²) in [4.78, 5) is 10.8. The second-order valence-electron chi connectivity index (χ2n) is 2.36. The zero-order chi connectivity index (χ0) is 10.6. The number of carbonyl (C=O) groups is 1. The number of halogens is 2. The smallest absolute Gasteiger partial charge is 0.270 e. The highest BCUT2D eigenvalue weighted by atomic mass is 35.5. The first-order chi connectivity index (χ1) is 6.63. The first kappa shape index (κ1) is 10.5. The fraction of sp³-hybridized carbons (Fsp3) is 0. The first-order valence-corrected chi connectivity index (χ1v) is 3.94. The molecule has 0 unspecified atom stereocenters. The van der Waals surface area contributed by atoms with Crippen molar-refractivity contribution in [1.82, 2.24) is 0 Å². The van der Waals surface area contributed by atoms with Gasteiger partial charge in [0, 0.05) is 5.02 Å². The van der Waals surface area contributed by atoms with Gasteiger partial charge in [-0.1, -0.05) is 16.8 Å². The zero-order valence-electron chi connectivity index (χ0n) is 6.87. The Morgan fingerprint density at radius 1 is 1.64 bits per heavy atom. The Morgan fingerprint density at radius 3 is 2.93 bits per heavy atom. The van der Waals surface area contributed by atoms with Crippen LogP contribution in [-0.4, -0.2) is 17.3 Å². The summed E-state index contributed by atoms with van der Waals surface area (Å²) in [5, 5.41) is 12.9. The number of oxime groups is 1. The number of carbonyl (C=O) groups excluding carboxylic acids is 1. The van der Waals surface area contributed by atoms with Crippen LogP contribution in [0.4, 0.5) is 10.1 Å². The van der Waals surface area contributed by atoms with Gasteiger partial charge in [-0.25, -0.2) is 4.39 Å². The summed E-state index contributed by atoms with van der Waals surface area (Å²) in [6, 6.07) is 3.80. The molecule has 0 heterocycles. The Labute approximate surface area is 84.0 Å². The van der Waals surface area contributed by atoms with Gasteiger partial charge in [-0.3, -0.25) is 4.79 Å². The van der Waals surface area contributed by atoms with Crippen molar-refractivity contribution >= 4 is 29.4 Å². The second kappa shape index (κ2) is 4.57. The lowest BCUT2D eigenvalue weighted by Gasteiger charge is -2.02. The lowest BCUT2D eigenvalue weighted by Crippen LogP contribution is -2.13. The Balaban J connectivity index is 2.82. The average molecular weight is 217 g/mol. The van der Waals surface area contributed by atoms with Gasteiger partial charge in [0.2, 0.25) is 0 Å². The third-order valence-corrected chi connectivity index (χ3v) is 1.60. The number of rotatable bonds is 2. The fourth-order valence-electron chi connectivity index (χ4n) is 0.808. The highest BCUT2D eigenvalue weighted by Crippen LogP contribution is 2.18. The molecule has 0 aromatic heterocycles. The van der Waals surface area contributed by atoms with E-state index in [-0.39, 0.29) is 10.7 Å². The minimum atomic E-state index is -0.728. The molecule has 2 N–H and O–H groups in total. The Kier molecular flexibility index (Phi) is 3.41. The summed E-state index contributed by atoms with van der Waals surface area (Å²) in [7, 11) is 0. The molecular weight excluding hydrogens is 211 g/mol. The van der Waals surface area contributed by atoms with Crippen LogP contribution in [0.3, 0.4) is 0 Å². The van der Waals surface area contributed by atoms with E-state index in [1.807, 2.05) is 0 Å². The number of anilines is 1. The van der Waals surface area contributed by atoms with Crippen LogP contribution in [0.1, 0.15) is 0 Å². The molecule has 1 aromatic carbocycles. The number of hydrogen-bond acceptors (Lipinski definition) is 3. The van der Waals surface area contributed by atoms with Gasteiger partial charge in [0.15, 0.2) is 0 Å². The average Bonchev–Trinajstić information content (AvgIpc) is 2.10. The van der Waals surface area contributed by atoms with Gasteiger partial charge in [0.25, 0.3) is 5.91 Å². The van der Waals surface area contributed by atoms with Gasteiger partial charge in [-0.15, -0.1) is 0 Å². The van der Waals surface area contributed by atoms with Gasteiger partial charge in [-0.05, 0) is 18.2 Å². The second-order valence-corrected chi connectivity index (χ2v) is 2.79. The predicted molar refractivity (Wildman–Crippen MR) is 50.3 cm³/mol. The monoisotopic (exact) mass is 216 g/mol. The van der Waals surface area contributed by atoms with E-state index in [9.17, 15) is 9.18 Å². The van der Waals surface area contributed by atoms with Gasteiger partial charge in [-0.2, -0.15) is 0 Å². The molecule has 0 spiro atoms. The summed E-state index contributed by atoms with van der Waals surface area (Å²) in [6.07, 6.45) is 0.619. The summed E-state index contributed by atoms with van der Waals surface area (Å²) < 4.78 is 13.0. The van der Waals surface area contributed by atoms with E-state index in [1.54, 1.807) is 0 Å². The lowest BCUT2D eigenvalue weighted by molar-refractivity contribution is -0.110. The molecule has 1 rings (SSSR count). The minimum absolute atomic E-state index is 0.0284. The van der Waals surface area contributed by atoms with Crippen LogP contribution in [0.5, 0.6) is 0 Å². The number of nitrogens with zero attached hydrogens (tertiary/aromatic N) is 1. The molecule has 1 aromatic rings. The van der Waals surface area contributed by atoms with Crippen LogP contribution >= 0.6 is 11.6 Å². The SMILES string of the molecule is O=C(C=NO)Nc1ccc(Cl)cc1F. The summed E-state index contributed by atoms with van der Waals surface area (Å²) in [6.45, 7) is 0. The van der Waals surface area contributed by atoms with Crippen LogP contribution in [-0.2, 0) is 4.79 Å². The van der Waals surface area contributed by atoms with E-state index in [0.717, 1.165) is 6.07 Å². The van der Waals surface area contributed by atoms with E-state index in [4.69, 9.17) is 16.8 Å². The van der Waals surface area contributed by atoms with Crippen LogP contribution in [0, 0.1) is 5.82 Å². The molecule has 74 valence electrons. The maximum atomic E-state index is 13.0. The molecule has 0 radical (unpaired) electrons. The van der Waals surface area contributed by atoms with Crippen molar-refractivity contribution in [2.45, 2.75) is 0 Å². The third-order valence-electron chi connectivity index (χ3n) is 1.36. The standard InChI is InChI=1S/C8H6ClFN2O2/c9-5-1-2-7(6(10)3-5)12-8(13)4-11-14/h1-4,14H,(H,12,13). The lowest BCUT2D eigenvalue weighted by atomic mass is 10.3. The van der Waals surface area contributed by atoms with Crippen LogP contribution in [0.15, 0.2) is 23.4 Å². The third kappa shape index (κ3) is 2.70. The van der Waals surface area contributed by atoms with Gasteiger partial charge >= 0.3 is 0 Å². The summed E-state index contributed by atoms with van der Waals surface area (Å²) in [5.41, 5.74) is -0.0284. The number of benzene rings is 1. The zero-order valence-corrected chi connectivity index (χ0v) is 7.62. The van der Waals surface area contributed by atoms with E-state index >= 15 is 0 Å². The summed E-state index contributed by atoms with van der Waals surface area (Å²) >= 11 is 5.50. The van der Waals surface area contributed by atoms with Gasteiger partial charge in [0.1, 0.15) is 12.0 Å². The number of nitrogens with one attached hydrogen (secondary N) is 1. The van der Waals surface area contributed by atoms with E-state index in [2.05, 4.69) is 10.5 Å². The molecule has 0 aliphatic rings. The van der Waals surface area contributed by atoms with Gasteiger partial charge < -0.3 is 10.5 Å². The molecule has 0 fully saturated rings.